The number of anilines is 1. The number of nitrogens with zero attached hydrogens (tertiary/aromatic N) is 1. The van der Waals surface area contributed by atoms with E-state index >= 15 is 0 Å². The van der Waals surface area contributed by atoms with Gasteiger partial charge in [-0.2, -0.15) is 0 Å². The number of benzene rings is 2. The van der Waals surface area contributed by atoms with Gasteiger partial charge in [0, 0.05) is 29.3 Å². The molecule has 2 aromatic rings. The van der Waals surface area contributed by atoms with Crippen LogP contribution in [0.4, 0.5) is 5.69 Å². The second kappa shape index (κ2) is 9.65. The van der Waals surface area contributed by atoms with Gasteiger partial charge in [-0.15, -0.1) is 0 Å². The Morgan fingerprint density at radius 3 is 2.23 bits per heavy atom. The predicted molar refractivity (Wildman–Crippen MR) is 126 cm³/mol. The van der Waals surface area contributed by atoms with Crippen molar-refractivity contribution >= 4 is 11.7 Å². The fourth-order valence-corrected chi connectivity index (χ4v) is 3.99. The summed E-state index contributed by atoms with van der Waals surface area (Å²) in [7, 11) is 0. The lowest BCUT2D eigenvalue weighted by Gasteiger charge is -2.34. The molecular weight excluding hydrogens is 372 g/mol. The maximum Gasteiger partial charge on any atom is 0.330 e. The molecule has 1 unspecified atom stereocenters. The average Bonchev–Trinajstić information content (AvgIpc) is 2.63. The number of hydrogen-bond acceptors (Lipinski definition) is 4. The molecule has 4 heteroatoms. The zero-order valence-electron chi connectivity index (χ0n) is 19.8. The molecule has 1 atom stereocenters. The molecule has 30 heavy (non-hydrogen) atoms. The van der Waals surface area contributed by atoms with Gasteiger partial charge in [0.05, 0.1) is 0 Å². The van der Waals surface area contributed by atoms with Crippen molar-refractivity contribution < 1.29 is 9.53 Å². The Bertz CT molecular complexity index is 858. The Labute approximate surface area is 182 Å². The van der Waals surface area contributed by atoms with Crippen LogP contribution in [0.15, 0.2) is 42.5 Å². The van der Waals surface area contributed by atoms with Crippen molar-refractivity contribution in [2.24, 2.45) is 5.73 Å². The van der Waals surface area contributed by atoms with Gasteiger partial charge < -0.3 is 15.4 Å². The number of nitrogens with two attached hydrogens (primary N) is 1. The van der Waals surface area contributed by atoms with Crippen molar-refractivity contribution in [3.63, 3.8) is 0 Å². The van der Waals surface area contributed by atoms with E-state index in [1.807, 2.05) is 12.1 Å². The SMILES string of the molecule is CCC(c1cccc(N(C(C)C)C(C)C)c1)c1cc(C)ccc1OC(=O)C(C)(C)N. The van der Waals surface area contributed by atoms with Crippen molar-refractivity contribution in [3.8, 4) is 5.75 Å². The minimum atomic E-state index is -1.04. The smallest absolute Gasteiger partial charge is 0.330 e. The molecule has 4 nitrogen and oxygen atoms in total. The quantitative estimate of drug-likeness (QED) is 0.441. The highest BCUT2D eigenvalue weighted by Gasteiger charge is 2.27. The number of carbonyl (C=O) groups excluding carboxylic acids is 1. The number of esters is 1. The third kappa shape index (κ3) is 5.63. The minimum absolute atomic E-state index is 0.120. The second-order valence-corrected chi connectivity index (χ2v) is 9.30. The van der Waals surface area contributed by atoms with E-state index in [0.717, 1.165) is 17.5 Å². The molecule has 0 saturated carbocycles. The lowest BCUT2D eigenvalue weighted by molar-refractivity contribution is -0.139. The summed E-state index contributed by atoms with van der Waals surface area (Å²) in [5, 5.41) is 0. The van der Waals surface area contributed by atoms with Crippen molar-refractivity contribution in [1.29, 1.82) is 0 Å². The summed E-state index contributed by atoms with van der Waals surface area (Å²) in [4.78, 5) is 14.9. The first-order valence-corrected chi connectivity index (χ1v) is 11.0. The number of carbonyl (C=O) groups is 1. The van der Waals surface area contributed by atoms with E-state index in [1.54, 1.807) is 13.8 Å². The third-order valence-electron chi connectivity index (χ3n) is 5.36. The van der Waals surface area contributed by atoms with Crippen LogP contribution in [-0.4, -0.2) is 23.6 Å². The van der Waals surface area contributed by atoms with Crippen LogP contribution in [0.2, 0.25) is 0 Å². The highest BCUT2D eigenvalue weighted by Crippen LogP contribution is 2.37. The van der Waals surface area contributed by atoms with Gasteiger partial charge in [-0.25, -0.2) is 4.79 Å². The molecule has 0 heterocycles. The fourth-order valence-electron chi connectivity index (χ4n) is 3.99. The number of aryl methyl sites for hydroxylation is 1. The summed E-state index contributed by atoms with van der Waals surface area (Å²) in [6.07, 6.45) is 0.896. The van der Waals surface area contributed by atoms with Gasteiger partial charge in [0.15, 0.2) is 0 Å². The Balaban J connectivity index is 2.51. The van der Waals surface area contributed by atoms with Crippen LogP contribution in [0, 0.1) is 6.92 Å². The number of ether oxygens (including phenoxy) is 1. The van der Waals surface area contributed by atoms with E-state index in [2.05, 4.69) is 76.8 Å². The molecule has 0 aliphatic rings. The lowest BCUT2D eigenvalue weighted by atomic mass is 9.87. The van der Waals surface area contributed by atoms with Crippen molar-refractivity contribution in [3.05, 3.63) is 59.2 Å². The van der Waals surface area contributed by atoms with Crippen molar-refractivity contribution in [2.75, 3.05) is 4.90 Å². The molecule has 0 amide bonds. The molecule has 0 fully saturated rings. The van der Waals surface area contributed by atoms with Crippen LogP contribution in [0.1, 0.15) is 77.5 Å². The van der Waals surface area contributed by atoms with Gasteiger partial charge in [-0.1, -0.05) is 36.8 Å². The molecule has 0 radical (unpaired) electrons. The Kier molecular flexibility index (Phi) is 7.70. The molecule has 0 aromatic heterocycles. The molecule has 2 aromatic carbocycles. The molecule has 0 aliphatic heterocycles. The van der Waals surface area contributed by atoms with Crippen molar-refractivity contribution in [2.45, 2.75) is 85.4 Å². The summed E-state index contributed by atoms with van der Waals surface area (Å²) < 4.78 is 5.75. The molecule has 0 spiro atoms. The van der Waals surface area contributed by atoms with Gasteiger partial charge >= 0.3 is 5.97 Å². The predicted octanol–water partition coefficient (Wildman–Crippen LogP) is 5.80. The van der Waals surface area contributed by atoms with E-state index in [4.69, 9.17) is 10.5 Å². The van der Waals surface area contributed by atoms with Gasteiger partial charge in [0.25, 0.3) is 0 Å². The molecule has 2 rings (SSSR count). The lowest BCUT2D eigenvalue weighted by Crippen LogP contribution is -2.44. The minimum Gasteiger partial charge on any atom is -0.425 e. The van der Waals surface area contributed by atoms with Crippen LogP contribution >= 0.6 is 0 Å². The van der Waals surface area contributed by atoms with Gasteiger partial charge in [-0.3, -0.25) is 0 Å². The summed E-state index contributed by atoms with van der Waals surface area (Å²) in [6.45, 7) is 16.4. The summed E-state index contributed by atoms with van der Waals surface area (Å²) in [5.74, 6) is 0.280. The van der Waals surface area contributed by atoms with Crippen LogP contribution in [0.25, 0.3) is 0 Å². The topological polar surface area (TPSA) is 55.6 Å². The third-order valence-corrected chi connectivity index (χ3v) is 5.36. The molecule has 2 N–H and O–H groups in total. The van der Waals surface area contributed by atoms with Gasteiger partial charge in [0.2, 0.25) is 0 Å². The molecule has 0 saturated heterocycles. The van der Waals surface area contributed by atoms with Gasteiger partial charge in [0.1, 0.15) is 11.3 Å². The normalized spacial score (nSPS) is 12.9. The monoisotopic (exact) mass is 410 g/mol. The van der Waals surface area contributed by atoms with Crippen molar-refractivity contribution in [1.82, 2.24) is 0 Å². The zero-order valence-corrected chi connectivity index (χ0v) is 19.8. The summed E-state index contributed by atoms with van der Waals surface area (Å²) in [5.41, 5.74) is 9.50. The first-order valence-electron chi connectivity index (χ1n) is 11.0. The molecule has 0 bridgehead atoms. The average molecular weight is 411 g/mol. The fraction of sp³-hybridized carbons (Fsp3) is 0.500. The van der Waals surface area contributed by atoms with Crippen LogP contribution < -0.4 is 15.4 Å². The highest BCUT2D eigenvalue weighted by atomic mass is 16.5. The van der Waals surface area contributed by atoms with E-state index in [0.29, 0.717) is 17.8 Å². The Morgan fingerprint density at radius 2 is 1.70 bits per heavy atom. The molecular formula is C26H38N2O2. The highest BCUT2D eigenvalue weighted by molar-refractivity contribution is 5.82. The summed E-state index contributed by atoms with van der Waals surface area (Å²) >= 11 is 0. The maximum atomic E-state index is 12.5. The van der Waals surface area contributed by atoms with E-state index in [1.165, 1.54) is 11.3 Å². The maximum absolute atomic E-state index is 12.5. The summed E-state index contributed by atoms with van der Waals surface area (Å²) in [6, 6.07) is 15.5. The van der Waals surface area contributed by atoms with E-state index < -0.39 is 11.5 Å². The zero-order chi connectivity index (χ0) is 22.6. The molecule has 0 aliphatic carbocycles. The molecule has 164 valence electrons. The first-order chi connectivity index (χ1) is 14.0. The Morgan fingerprint density at radius 1 is 1.07 bits per heavy atom. The number of hydrogen-bond donors (Lipinski definition) is 1. The standard InChI is InChI=1S/C26H38N2O2/c1-9-22(20-11-10-12-21(16-20)28(17(2)3)18(4)5)23-15-19(6)13-14-24(23)30-25(29)26(7,8)27/h10-18,22H,9,27H2,1-8H3. The Hall–Kier alpha value is -2.33. The second-order valence-electron chi connectivity index (χ2n) is 9.30. The van der Waals surface area contributed by atoms with Gasteiger partial charge in [-0.05, 0) is 78.6 Å². The van der Waals surface area contributed by atoms with Crippen LogP contribution in [0.5, 0.6) is 5.75 Å². The van der Waals surface area contributed by atoms with Crippen LogP contribution in [-0.2, 0) is 4.79 Å². The van der Waals surface area contributed by atoms with Crippen LogP contribution in [0.3, 0.4) is 0 Å². The van der Waals surface area contributed by atoms with E-state index in [9.17, 15) is 4.79 Å². The number of rotatable bonds is 8. The first kappa shape index (κ1) is 23.9. The largest absolute Gasteiger partial charge is 0.425 e. The van der Waals surface area contributed by atoms with E-state index in [-0.39, 0.29) is 5.92 Å².